The van der Waals surface area contributed by atoms with E-state index in [0.29, 0.717) is 26.9 Å². The largest absolute Gasteiger partial charge is 0.340 e. The lowest BCUT2D eigenvalue weighted by atomic mass is 10.2. The minimum atomic E-state index is -0.149. The fraction of sp³-hybridized carbons (Fsp3) is 0. The van der Waals surface area contributed by atoms with Crippen LogP contribution in [0.1, 0.15) is 0 Å². The Kier molecular flexibility index (Phi) is 3.38. The van der Waals surface area contributed by atoms with E-state index in [1.807, 2.05) is 24.3 Å². The van der Waals surface area contributed by atoms with Crippen LogP contribution in [0.2, 0.25) is 10.0 Å². The van der Waals surface area contributed by atoms with Crippen molar-refractivity contribution in [3.63, 3.8) is 0 Å². The molecular weight excluding hydrogens is 295 g/mol. The Labute approximate surface area is 125 Å². The molecule has 100 valence electrons. The molecule has 0 aliphatic heterocycles. The van der Waals surface area contributed by atoms with Crippen LogP contribution in [-0.4, -0.2) is 4.98 Å². The maximum Gasteiger partial charge on any atom is 0.257 e. The average molecular weight is 305 g/mol. The molecule has 0 atom stereocenters. The predicted molar refractivity (Wildman–Crippen MR) is 84.3 cm³/mol. The van der Waals surface area contributed by atoms with Crippen LogP contribution in [0.15, 0.2) is 53.3 Å². The molecule has 0 amide bonds. The molecule has 1 heterocycles. The number of hydrogen-bond acceptors (Lipinski definition) is 2. The molecule has 0 radical (unpaired) electrons. The van der Waals surface area contributed by atoms with E-state index >= 15 is 0 Å². The van der Waals surface area contributed by atoms with E-state index in [0.717, 1.165) is 5.39 Å². The summed E-state index contributed by atoms with van der Waals surface area (Å²) in [6.07, 6.45) is 0. The van der Waals surface area contributed by atoms with E-state index < -0.39 is 0 Å². The minimum absolute atomic E-state index is 0.149. The maximum atomic E-state index is 12.0. The van der Waals surface area contributed by atoms with Gasteiger partial charge < -0.3 is 10.3 Å². The highest BCUT2D eigenvalue weighted by atomic mass is 35.5. The van der Waals surface area contributed by atoms with Crippen molar-refractivity contribution >= 4 is 45.5 Å². The summed E-state index contributed by atoms with van der Waals surface area (Å²) in [6.45, 7) is 0. The summed E-state index contributed by atoms with van der Waals surface area (Å²) < 4.78 is 0. The molecule has 2 aromatic carbocycles. The van der Waals surface area contributed by atoms with E-state index in [4.69, 9.17) is 23.2 Å². The second-order valence-corrected chi connectivity index (χ2v) is 5.19. The van der Waals surface area contributed by atoms with Crippen LogP contribution in [0.5, 0.6) is 0 Å². The molecule has 0 saturated heterocycles. The van der Waals surface area contributed by atoms with Crippen molar-refractivity contribution in [2.45, 2.75) is 0 Å². The van der Waals surface area contributed by atoms with Crippen molar-refractivity contribution in [2.75, 3.05) is 5.32 Å². The van der Waals surface area contributed by atoms with Gasteiger partial charge in [-0.15, -0.1) is 0 Å². The highest BCUT2D eigenvalue weighted by molar-refractivity contribution is 6.35. The third kappa shape index (κ3) is 2.50. The molecular formula is C15H10Cl2N2O. The van der Waals surface area contributed by atoms with Gasteiger partial charge in [-0.2, -0.15) is 0 Å². The average Bonchev–Trinajstić information content (AvgIpc) is 2.43. The number of benzene rings is 2. The van der Waals surface area contributed by atoms with E-state index in [9.17, 15) is 4.79 Å². The van der Waals surface area contributed by atoms with E-state index in [-0.39, 0.29) is 5.56 Å². The molecule has 0 aliphatic rings. The van der Waals surface area contributed by atoms with Crippen molar-refractivity contribution in [3.8, 4) is 0 Å². The summed E-state index contributed by atoms with van der Waals surface area (Å²) >= 11 is 12.0. The third-order valence-corrected chi connectivity index (χ3v) is 3.52. The Morgan fingerprint density at radius 1 is 1.00 bits per heavy atom. The van der Waals surface area contributed by atoms with E-state index in [1.165, 1.54) is 0 Å². The Morgan fingerprint density at radius 2 is 1.80 bits per heavy atom. The van der Waals surface area contributed by atoms with Crippen molar-refractivity contribution < 1.29 is 0 Å². The quantitative estimate of drug-likeness (QED) is 0.728. The van der Waals surface area contributed by atoms with E-state index in [1.54, 1.807) is 24.3 Å². The molecule has 0 fully saturated rings. The Balaban J connectivity index is 2.07. The fourth-order valence-electron chi connectivity index (χ4n) is 2.02. The first-order chi connectivity index (χ1) is 9.63. The second kappa shape index (κ2) is 5.19. The van der Waals surface area contributed by atoms with E-state index in [2.05, 4.69) is 10.3 Å². The number of nitrogens with one attached hydrogen (secondary N) is 2. The number of hydrogen-bond donors (Lipinski definition) is 2. The fourth-order valence-corrected chi connectivity index (χ4v) is 2.35. The summed E-state index contributed by atoms with van der Waals surface area (Å²) in [5.74, 6) is 0.567. The highest BCUT2D eigenvalue weighted by Gasteiger charge is 2.05. The zero-order valence-corrected chi connectivity index (χ0v) is 11.8. The van der Waals surface area contributed by atoms with Crippen LogP contribution < -0.4 is 10.9 Å². The summed E-state index contributed by atoms with van der Waals surface area (Å²) in [6, 6.07) is 14.4. The van der Waals surface area contributed by atoms with Crippen LogP contribution in [0.4, 0.5) is 11.5 Å². The molecule has 0 saturated carbocycles. The second-order valence-electron chi connectivity index (χ2n) is 4.35. The first kappa shape index (κ1) is 13.0. The van der Waals surface area contributed by atoms with Crippen molar-refractivity contribution in [2.24, 2.45) is 0 Å². The first-order valence-corrected chi connectivity index (χ1v) is 6.73. The zero-order valence-electron chi connectivity index (χ0n) is 10.3. The van der Waals surface area contributed by atoms with Crippen LogP contribution in [-0.2, 0) is 0 Å². The minimum Gasteiger partial charge on any atom is -0.340 e. The molecule has 1 aromatic heterocycles. The van der Waals surface area contributed by atoms with Gasteiger partial charge in [-0.25, -0.2) is 0 Å². The summed E-state index contributed by atoms with van der Waals surface area (Å²) in [4.78, 5) is 14.8. The Hall–Kier alpha value is -1.97. The molecule has 0 spiro atoms. The first-order valence-electron chi connectivity index (χ1n) is 5.97. The van der Waals surface area contributed by atoms with Crippen molar-refractivity contribution in [1.29, 1.82) is 0 Å². The van der Waals surface area contributed by atoms with Crippen molar-refractivity contribution in [3.05, 3.63) is 68.9 Å². The normalized spacial score (nSPS) is 10.7. The Morgan fingerprint density at radius 3 is 2.65 bits per heavy atom. The summed E-state index contributed by atoms with van der Waals surface area (Å²) in [5, 5.41) is 5.68. The van der Waals surface area contributed by atoms with Crippen LogP contribution in [0.3, 0.4) is 0 Å². The van der Waals surface area contributed by atoms with Gasteiger partial charge in [0.1, 0.15) is 5.82 Å². The highest BCUT2D eigenvalue weighted by Crippen LogP contribution is 2.28. The number of aromatic amines is 1. The predicted octanol–water partition coefficient (Wildman–Crippen LogP) is 4.58. The van der Waals surface area contributed by atoms with Gasteiger partial charge in [0.2, 0.25) is 0 Å². The van der Waals surface area contributed by atoms with Gasteiger partial charge in [0.05, 0.1) is 10.7 Å². The number of H-pyrrole nitrogens is 1. The standard InChI is InChI=1S/C15H10Cl2N2O/c16-10-5-6-12(17)13(8-10)18-14-7-9-3-1-2-4-11(9)15(20)19-14/h1-8H,(H2,18,19,20). The van der Waals surface area contributed by atoms with Gasteiger partial charge in [0.25, 0.3) is 5.56 Å². The van der Waals surface area contributed by atoms with Gasteiger partial charge in [-0.05, 0) is 35.7 Å². The van der Waals surface area contributed by atoms with Crippen LogP contribution in [0, 0.1) is 0 Å². The number of fused-ring (bicyclic) bond motifs is 1. The zero-order chi connectivity index (χ0) is 14.1. The molecule has 3 nitrogen and oxygen atoms in total. The third-order valence-electron chi connectivity index (χ3n) is 2.95. The molecule has 3 rings (SSSR count). The lowest BCUT2D eigenvalue weighted by Gasteiger charge is -2.09. The van der Waals surface area contributed by atoms with Gasteiger partial charge in [0, 0.05) is 10.4 Å². The molecule has 0 bridgehead atoms. The molecule has 3 aromatic rings. The lowest BCUT2D eigenvalue weighted by Crippen LogP contribution is -2.08. The number of pyridine rings is 1. The van der Waals surface area contributed by atoms with Gasteiger partial charge in [-0.1, -0.05) is 41.4 Å². The number of aromatic nitrogens is 1. The summed E-state index contributed by atoms with van der Waals surface area (Å²) in [7, 11) is 0. The smallest absolute Gasteiger partial charge is 0.257 e. The molecule has 2 N–H and O–H groups in total. The van der Waals surface area contributed by atoms with Crippen LogP contribution in [0.25, 0.3) is 10.8 Å². The molecule has 20 heavy (non-hydrogen) atoms. The molecule has 0 aliphatic carbocycles. The molecule has 0 unspecified atom stereocenters. The monoisotopic (exact) mass is 304 g/mol. The number of anilines is 2. The summed E-state index contributed by atoms with van der Waals surface area (Å²) in [5.41, 5.74) is 0.494. The Bertz CT molecular complexity index is 843. The maximum absolute atomic E-state index is 12.0. The van der Waals surface area contributed by atoms with Crippen molar-refractivity contribution in [1.82, 2.24) is 4.98 Å². The number of halogens is 2. The topological polar surface area (TPSA) is 44.9 Å². The van der Waals surface area contributed by atoms with Gasteiger partial charge in [-0.3, -0.25) is 4.79 Å². The lowest BCUT2D eigenvalue weighted by molar-refractivity contribution is 1.26. The number of rotatable bonds is 2. The van der Waals surface area contributed by atoms with Crippen LogP contribution >= 0.6 is 23.2 Å². The molecule has 5 heteroatoms. The SMILES string of the molecule is O=c1[nH]c(Nc2cc(Cl)ccc2Cl)cc2ccccc12. The van der Waals surface area contributed by atoms with Gasteiger partial charge >= 0.3 is 0 Å². The van der Waals surface area contributed by atoms with Gasteiger partial charge in [0.15, 0.2) is 0 Å².